The zero-order chi connectivity index (χ0) is 17.8. The molecule has 1 aliphatic rings. The van der Waals surface area contributed by atoms with E-state index in [1.54, 1.807) is 0 Å². The van der Waals surface area contributed by atoms with Gasteiger partial charge in [0.15, 0.2) is 5.75 Å². The Hall–Kier alpha value is -3.27. The third-order valence-electron chi connectivity index (χ3n) is 4.47. The highest BCUT2D eigenvalue weighted by atomic mass is 16.5. The van der Waals surface area contributed by atoms with Gasteiger partial charge in [0.2, 0.25) is 0 Å². The van der Waals surface area contributed by atoms with Crippen LogP contribution in [0.3, 0.4) is 0 Å². The molecular weight excluding hydrogens is 324 g/mol. The molecule has 3 aromatic carbocycles. The molecule has 0 atom stereocenters. The summed E-state index contributed by atoms with van der Waals surface area (Å²) in [6.45, 7) is 2.05. The minimum atomic E-state index is 0.0644. The van der Waals surface area contributed by atoms with E-state index < -0.39 is 0 Å². The number of para-hydroxylation sites is 3. The van der Waals surface area contributed by atoms with Crippen molar-refractivity contribution >= 4 is 11.6 Å². The van der Waals surface area contributed by atoms with Crippen LogP contribution in [0.2, 0.25) is 0 Å². The minimum absolute atomic E-state index is 0.0644. The molecule has 1 fully saturated rings. The minimum Gasteiger partial charge on any atom is -0.455 e. The van der Waals surface area contributed by atoms with Gasteiger partial charge < -0.3 is 14.5 Å². The number of hydrogen-bond donors (Lipinski definition) is 0. The van der Waals surface area contributed by atoms with Crippen molar-refractivity contribution in [3.63, 3.8) is 0 Å². The van der Waals surface area contributed by atoms with Crippen molar-refractivity contribution < 1.29 is 9.53 Å². The molecule has 1 amide bonds. The van der Waals surface area contributed by atoms with Crippen molar-refractivity contribution in [1.29, 1.82) is 0 Å². The van der Waals surface area contributed by atoms with Gasteiger partial charge in [-0.05, 0) is 36.4 Å². The monoisotopic (exact) mass is 344 g/mol. The second kappa shape index (κ2) is 7.31. The number of anilines is 1. The van der Waals surface area contributed by atoms with Crippen LogP contribution in [0.5, 0.6) is 11.5 Å². The van der Waals surface area contributed by atoms with E-state index in [9.17, 15) is 4.79 Å². The lowest BCUT2D eigenvalue weighted by molar-refractivity contribution is 0.0794. The van der Waals surface area contributed by atoms with Gasteiger partial charge in [0.25, 0.3) is 5.91 Å². The SMILES string of the molecule is O=C(c1ccccc1)N1CCN(c2ccccc2Oc2ccccc2)C1. The number of carbonyl (C=O) groups excluding carboxylic acids is 1. The molecule has 0 N–H and O–H groups in total. The molecule has 1 aliphatic heterocycles. The van der Waals surface area contributed by atoms with E-state index in [1.807, 2.05) is 89.8 Å². The van der Waals surface area contributed by atoms with Gasteiger partial charge in [-0.3, -0.25) is 4.79 Å². The lowest BCUT2D eigenvalue weighted by Gasteiger charge is -2.22. The molecule has 0 radical (unpaired) electrons. The Labute approximate surface area is 153 Å². The van der Waals surface area contributed by atoms with Gasteiger partial charge in [0.05, 0.1) is 12.4 Å². The number of ether oxygens (including phenoxy) is 1. The van der Waals surface area contributed by atoms with Gasteiger partial charge in [-0.2, -0.15) is 0 Å². The zero-order valence-corrected chi connectivity index (χ0v) is 14.4. The van der Waals surface area contributed by atoms with Crippen molar-refractivity contribution in [2.45, 2.75) is 0 Å². The van der Waals surface area contributed by atoms with Crippen LogP contribution in [0.1, 0.15) is 10.4 Å². The van der Waals surface area contributed by atoms with Crippen LogP contribution in [-0.4, -0.2) is 30.6 Å². The van der Waals surface area contributed by atoms with Crippen LogP contribution in [0, 0.1) is 0 Å². The highest BCUT2D eigenvalue weighted by molar-refractivity contribution is 5.94. The Bertz CT molecular complexity index is 881. The van der Waals surface area contributed by atoms with Gasteiger partial charge in [-0.1, -0.05) is 48.5 Å². The molecule has 4 rings (SSSR count). The van der Waals surface area contributed by atoms with Crippen molar-refractivity contribution in [3.05, 3.63) is 90.5 Å². The fourth-order valence-corrected chi connectivity index (χ4v) is 3.13. The third-order valence-corrected chi connectivity index (χ3v) is 4.47. The highest BCUT2D eigenvalue weighted by Crippen LogP contribution is 2.33. The molecule has 3 aromatic rings. The van der Waals surface area contributed by atoms with Crippen LogP contribution in [0.15, 0.2) is 84.9 Å². The predicted molar refractivity (Wildman–Crippen MR) is 103 cm³/mol. The molecule has 4 heteroatoms. The van der Waals surface area contributed by atoms with Crippen LogP contribution >= 0.6 is 0 Å². The summed E-state index contributed by atoms with van der Waals surface area (Å²) in [7, 11) is 0. The predicted octanol–water partition coefficient (Wildman–Crippen LogP) is 4.40. The van der Waals surface area contributed by atoms with Crippen LogP contribution in [-0.2, 0) is 0 Å². The Morgan fingerprint density at radius 3 is 2.19 bits per heavy atom. The van der Waals surface area contributed by atoms with Gasteiger partial charge in [0, 0.05) is 18.7 Å². The topological polar surface area (TPSA) is 32.8 Å². The van der Waals surface area contributed by atoms with E-state index in [0.29, 0.717) is 13.2 Å². The molecule has 1 heterocycles. The number of rotatable bonds is 4. The maximum Gasteiger partial charge on any atom is 0.255 e. The van der Waals surface area contributed by atoms with E-state index in [-0.39, 0.29) is 5.91 Å². The summed E-state index contributed by atoms with van der Waals surface area (Å²) in [4.78, 5) is 16.7. The lowest BCUT2D eigenvalue weighted by atomic mass is 10.2. The summed E-state index contributed by atoms with van der Waals surface area (Å²) in [5.74, 6) is 1.67. The molecular formula is C22H20N2O2. The Morgan fingerprint density at radius 2 is 1.42 bits per heavy atom. The quantitative estimate of drug-likeness (QED) is 0.703. The number of amides is 1. The first-order valence-electron chi connectivity index (χ1n) is 8.72. The van der Waals surface area contributed by atoms with Gasteiger partial charge in [-0.15, -0.1) is 0 Å². The molecule has 4 nitrogen and oxygen atoms in total. The average Bonchev–Trinajstić information content (AvgIpc) is 3.19. The number of nitrogens with zero attached hydrogens (tertiary/aromatic N) is 2. The summed E-state index contributed by atoms with van der Waals surface area (Å²) in [6.07, 6.45) is 0. The molecule has 0 spiro atoms. The Morgan fingerprint density at radius 1 is 0.769 bits per heavy atom. The third kappa shape index (κ3) is 3.40. The van der Waals surface area contributed by atoms with Gasteiger partial charge in [0.1, 0.15) is 5.75 Å². The molecule has 0 saturated carbocycles. The van der Waals surface area contributed by atoms with E-state index in [1.165, 1.54) is 0 Å². The maximum atomic E-state index is 12.7. The number of hydrogen-bond acceptors (Lipinski definition) is 3. The van der Waals surface area contributed by atoms with E-state index in [2.05, 4.69) is 4.90 Å². The Balaban J connectivity index is 1.51. The summed E-state index contributed by atoms with van der Waals surface area (Å²) in [5.41, 5.74) is 1.72. The van der Waals surface area contributed by atoms with Crippen molar-refractivity contribution in [3.8, 4) is 11.5 Å². The summed E-state index contributed by atoms with van der Waals surface area (Å²) < 4.78 is 6.06. The van der Waals surface area contributed by atoms with Crippen LogP contribution < -0.4 is 9.64 Å². The van der Waals surface area contributed by atoms with Crippen molar-refractivity contribution in [2.24, 2.45) is 0 Å². The van der Waals surface area contributed by atoms with E-state index >= 15 is 0 Å². The second-order valence-electron chi connectivity index (χ2n) is 6.22. The first-order chi connectivity index (χ1) is 12.8. The van der Waals surface area contributed by atoms with E-state index in [0.717, 1.165) is 29.3 Å². The largest absolute Gasteiger partial charge is 0.455 e. The lowest BCUT2D eigenvalue weighted by Crippen LogP contribution is -2.31. The average molecular weight is 344 g/mol. The zero-order valence-electron chi connectivity index (χ0n) is 14.4. The fraction of sp³-hybridized carbons (Fsp3) is 0.136. The fourth-order valence-electron chi connectivity index (χ4n) is 3.13. The van der Waals surface area contributed by atoms with Crippen LogP contribution in [0.25, 0.3) is 0 Å². The molecule has 0 bridgehead atoms. The summed E-state index contributed by atoms with van der Waals surface area (Å²) in [6, 6.07) is 27.1. The first kappa shape index (κ1) is 16.2. The van der Waals surface area contributed by atoms with Gasteiger partial charge in [-0.25, -0.2) is 0 Å². The molecule has 26 heavy (non-hydrogen) atoms. The first-order valence-corrected chi connectivity index (χ1v) is 8.72. The van der Waals surface area contributed by atoms with Gasteiger partial charge >= 0.3 is 0 Å². The molecule has 130 valence electrons. The summed E-state index contributed by atoms with van der Waals surface area (Å²) in [5, 5.41) is 0. The molecule has 0 unspecified atom stereocenters. The highest BCUT2D eigenvalue weighted by Gasteiger charge is 2.26. The van der Waals surface area contributed by atoms with E-state index in [4.69, 9.17) is 4.74 Å². The molecule has 0 aromatic heterocycles. The van der Waals surface area contributed by atoms with Crippen molar-refractivity contribution in [1.82, 2.24) is 4.90 Å². The number of benzene rings is 3. The van der Waals surface area contributed by atoms with Crippen molar-refractivity contribution in [2.75, 3.05) is 24.7 Å². The molecule has 0 aliphatic carbocycles. The van der Waals surface area contributed by atoms with Crippen LogP contribution in [0.4, 0.5) is 5.69 Å². The summed E-state index contributed by atoms with van der Waals surface area (Å²) >= 11 is 0. The smallest absolute Gasteiger partial charge is 0.255 e. The number of carbonyl (C=O) groups is 1. The molecule has 1 saturated heterocycles. The standard InChI is InChI=1S/C22H20N2O2/c25-22(18-9-3-1-4-10-18)24-16-15-23(17-24)20-13-7-8-14-21(20)26-19-11-5-2-6-12-19/h1-14H,15-17H2. The normalized spacial score (nSPS) is 13.7. The second-order valence-corrected chi connectivity index (χ2v) is 6.22. The maximum absolute atomic E-state index is 12.7. The Kier molecular flexibility index (Phi) is 4.56.